The molecule has 76 valence electrons. The van der Waals surface area contributed by atoms with Gasteiger partial charge in [0.15, 0.2) is 0 Å². The van der Waals surface area contributed by atoms with Crippen LogP contribution in [-0.2, 0) is 12.8 Å². The van der Waals surface area contributed by atoms with E-state index in [1.165, 1.54) is 0 Å². The zero-order chi connectivity index (χ0) is 10.3. The summed E-state index contributed by atoms with van der Waals surface area (Å²) < 4.78 is 1.63. The van der Waals surface area contributed by atoms with Gasteiger partial charge in [-0.05, 0) is 33.1 Å². The molecule has 0 radical (unpaired) electrons. The highest BCUT2D eigenvalue weighted by molar-refractivity contribution is 5.18. The summed E-state index contributed by atoms with van der Waals surface area (Å²) in [5.74, 6) is 0. The highest BCUT2D eigenvalue weighted by atomic mass is 16.2. The molecule has 4 nitrogen and oxygen atoms in total. The number of aryl methyl sites for hydroxylation is 1. The maximum absolute atomic E-state index is 11.6. The van der Waals surface area contributed by atoms with Crippen molar-refractivity contribution in [1.82, 2.24) is 9.55 Å². The van der Waals surface area contributed by atoms with E-state index in [0.29, 0.717) is 0 Å². The molecule has 0 fully saturated rings. The Morgan fingerprint density at radius 3 is 2.64 bits per heavy atom. The molecule has 2 rings (SSSR count). The molecule has 1 aliphatic carbocycles. The van der Waals surface area contributed by atoms with Crippen molar-refractivity contribution >= 4 is 0 Å². The molecule has 0 aromatic carbocycles. The molecule has 1 heterocycles. The minimum absolute atomic E-state index is 0.0663. The predicted molar refractivity (Wildman–Crippen MR) is 53.7 cm³/mol. The Morgan fingerprint density at radius 2 is 2.00 bits per heavy atom. The van der Waals surface area contributed by atoms with Crippen LogP contribution in [0.3, 0.4) is 0 Å². The van der Waals surface area contributed by atoms with Gasteiger partial charge in [0.25, 0.3) is 0 Å². The van der Waals surface area contributed by atoms with Gasteiger partial charge in [0.1, 0.15) is 0 Å². The third-order valence-electron chi connectivity index (χ3n) is 2.67. The second-order valence-corrected chi connectivity index (χ2v) is 4.00. The summed E-state index contributed by atoms with van der Waals surface area (Å²) in [5.41, 5.74) is 1.06. The van der Waals surface area contributed by atoms with Gasteiger partial charge in [-0.2, -0.15) is 0 Å². The van der Waals surface area contributed by atoms with Crippen LogP contribution in [0.25, 0.3) is 0 Å². The van der Waals surface area contributed by atoms with E-state index in [1.807, 2.05) is 13.8 Å². The predicted octanol–water partition coefficient (Wildman–Crippen LogP) is 0.606. The van der Waals surface area contributed by atoms with Gasteiger partial charge in [-0.25, -0.2) is 0 Å². The van der Waals surface area contributed by atoms with Gasteiger partial charge in [-0.1, -0.05) is 0 Å². The van der Waals surface area contributed by atoms with E-state index in [4.69, 9.17) is 0 Å². The van der Waals surface area contributed by atoms with Crippen LogP contribution in [0.5, 0.6) is 0 Å². The fourth-order valence-electron chi connectivity index (χ4n) is 2.10. The Labute approximate surface area is 81.6 Å². The molecule has 1 aliphatic rings. The molecule has 4 heteroatoms. The molecule has 0 amide bonds. The van der Waals surface area contributed by atoms with Crippen LogP contribution in [0.2, 0.25) is 0 Å². The average molecular weight is 194 g/mol. The van der Waals surface area contributed by atoms with E-state index in [-0.39, 0.29) is 6.04 Å². The number of hydrogen-bond donors (Lipinski definition) is 1. The summed E-state index contributed by atoms with van der Waals surface area (Å²) in [6.07, 6.45) is 2.82. The summed E-state index contributed by atoms with van der Waals surface area (Å²) in [6.45, 7) is 3.86. The lowest BCUT2D eigenvalue weighted by Gasteiger charge is -2.14. The quantitative estimate of drug-likeness (QED) is 0.666. The molecule has 1 aromatic heterocycles. The highest BCUT2D eigenvalue weighted by Crippen LogP contribution is 2.19. The molecule has 1 N–H and O–H groups in total. The van der Waals surface area contributed by atoms with Gasteiger partial charge in [0.2, 0.25) is 0 Å². The molecular formula is C10H14N2O2. The zero-order valence-electron chi connectivity index (χ0n) is 8.46. The minimum atomic E-state index is -0.487. The van der Waals surface area contributed by atoms with Crippen LogP contribution in [-0.4, -0.2) is 9.55 Å². The van der Waals surface area contributed by atoms with Crippen molar-refractivity contribution in [2.75, 3.05) is 0 Å². The lowest BCUT2D eigenvalue weighted by Crippen LogP contribution is -2.39. The van der Waals surface area contributed by atoms with Gasteiger partial charge >= 0.3 is 11.1 Å². The maximum atomic E-state index is 11.6. The Morgan fingerprint density at radius 1 is 1.29 bits per heavy atom. The first-order chi connectivity index (χ1) is 6.61. The molecule has 14 heavy (non-hydrogen) atoms. The Kier molecular flexibility index (Phi) is 2.06. The molecule has 0 unspecified atom stereocenters. The van der Waals surface area contributed by atoms with E-state index in [2.05, 4.69) is 4.98 Å². The fourth-order valence-corrected chi connectivity index (χ4v) is 2.10. The first-order valence-corrected chi connectivity index (χ1v) is 4.98. The molecule has 0 aliphatic heterocycles. The van der Waals surface area contributed by atoms with E-state index >= 15 is 0 Å². The van der Waals surface area contributed by atoms with Crippen LogP contribution in [0.4, 0.5) is 0 Å². The fraction of sp³-hybridized carbons (Fsp3) is 0.600. The number of aromatic nitrogens is 2. The number of hydrogen-bond acceptors (Lipinski definition) is 2. The molecule has 0 saturated carbocycles. The molecular weight excluding hydrogens is 180 g/mol. The van der Waals surface area contributed by atoms with E-state index in [0.717, 1.165) is 30.7 Å². The molecule has 1 aromatic rings. The first kappa shape index (κ1) is 9.24. The maximum Gasteiger partial charge on any atom is 0.316 e. The smallest absolute Gasteiger partial charge is 0.316 e. The van der Waals surface area contributed by atoms with Gasteiger partial charge < -0.3 is 9.55 Å². The molecule has 0 bridgehead atoms. The second-order valence-electron chi connectivity index (χ2n) is 4.00. The number of nitrogens with one attached hydrogen (secondary N) is 1. The van der Waals surface area contributed by atoms with Crippen molar-refractivity contribution in [1.29, 1.82) is 0 Å². The molecule has 0 spiro atoms. The summed E-state index contributed by atoms with van der Waals surface area (Å²) in [4.78, 5) is 25.6. The Hall–Kier alpha value is -1.32. The number of rotatable bonds is 1. The summed E-state index contributed by atoms with van der Waals surface area (Å²) >= 11 is 0. The second kappa shape index (κ2) is 3.12. The van der Waals surface area contributed by atoms with Gasteiger partial charge in [0.05, 0.1) is 0 Å². The van der Waals surface area contributed by atoms with Gasteiger partial charge in [-0.15, -0.1) is 0 Å². The number of fused-ring (bicyclic) bond motifs is 1. The average Bonchev–Trinajstić information content (AvgIpc) is 2.52. The van der Waals surface area contributed by atoms with Gasteiger partial charge in [-0.3, -0.25) is 9.59 Å². The Balaban J connectivity index is 2.79. The summed E-state index contributed by atoms with van der Waals surface area (Å²) in [7, 11) is 0. The minimum Gasteiger partial charge on any atom is -0.320 e. The SMILES string of the molecule is CC(C)n1c2c([nH]c(=O)c1=O)CCC2. The first-order valence-electron chi connectivity index (χ1n) is 4.98. The Bertz CT molecular complexity index is 468. The van der Waals surface area contributed by atoms with Crippen LogP contribution >= 0.6 is 0 Å². The van der Waals surface area contributed by atoms with Crippen molar-refractivity contribution in [2.45, 2.75) is 39.2 Å². The number of nitrogens with zero attached hydrogens (tertiary/aromatic N) is 1. The van der Waals surface area contributed by atoms with Crippen LogP contribution in [0.15, 0.2) is 9.59 Å². The standard InChI is InChI=1S/C10H14N2O2/c1-6(2)12-8-5-3-4-7(8)11-9(13)10(12)14/h6H,3-5H2,1-2H3,(H,11,13). The summed E-state index contributed by atoms with van der Waals surface area (Å²) in [6, 6.07) is 0.0663. The van der Waals surface area contributed by atoms with Crippen molar-refractivity contribution in [3.05, 3.63) is 32.1 Å². The van der Waals surface area contributed by atoms with Crippen molar-refractivity contribution in [3.63, 3.8) is 0 Å². The van der Waals surface area contributed by atoms with E-state index in [9.17, 15) is 9.59 Å². The zero-order valence-corrected chi connectivity index (χ0v) is 8.46. The van der Waals surface area contributed by atoms with Crippen LogP contribution in [0, 0.1) is 0 Å². The monoisotopic (exact) mass is 194 g/mol. The lowest BCUT2D eigenvalue weighted by molar-refractivity contribution is 0.545. The largest absolute Gasteiger partial charge is 0.320 e. The third kappa shape index (κ3) is 1.22. The van der Waals surface area contributed by atoms with Crippen LogP contribution in [0.1, 0.15) is 37.7 Å². The van der Waals surface area contributed by atoms with E-state index < -0.39 is 11.1 Å². The van der Waals surface area contributed by atoms with E-state index in [1.54, 1.807) is 4.57 Å². The number of H-pyrrole nitrogens is 1. The normalized spacial score (nSPS) is 14.8. The van der Waals surface area contributed by atoms with Crippen LogP contribution < -0.4 is 11.1 Å². The van der Waals surface area contributed by atoms with Crippen molar-refractivity contribution in [2.24, 2.45) is 0 Å². The summed E-state index contributed by atoms with van der Waals surface area (Å²) in [5, 5.41) is 0. The lowest BCUT2D eigenvalue weighted by atomic mass is 10.3. The highest BCUT2D eigenvalue weighted by Gasteiger charge is 2.19. The van der Waals surface area contributed by atoms with Crippen molar-refractivity contribution in [3.8, 4) is 0 Å². The number of aromatic amines is 1. The van der Waals surface area contributed by atoms with Gasteiger partial charge in [0, 0.05) is 17.4 Å². The molecule has 0 saturated heterocycles. The van der Waals surface area contributed by atoms with Crippen molar-refractivity contribution < 1.29 is 0 Å². The molecule has 0 atom stereocenters. The third-order valence-corrected chi connectivity index (χ3v) is 2.67. The topological polar surface area (TPSA) is 54.9 Å².